The first-order valence-electron chi connectivity index (χ1n) is 5.96. The van der Waals surface area contributed by atoms with E-state index in [2.05, 4.69) is 31.2 Å². The van der Waals surface area contributed by atoms with Crippen molar-refractivity contribution < 1.29 is 9.52 Å². The largest absolute Gasteiger partial charge is 0.469 e. The van der Waals surface area contributed by atoms with Crippen LogP contribution in [0.1, 0.15) is 16.9 Å². The van der Waals surface area contributed by atoms with Crippen molar-refractivity contribution in [2.45, 2.75) is 19.8 Å². The minimum atomic E-state index is 0.189. The highest BCUT2D eigenvalue weighted by atomic mass is 16.3. The normalized spacial score (nSPS) is 12.6. The molecule has 1 N–H and O–H groups in total. The van der Waals surface area contributed by atoms with E-state index in [1.54, 1.807) is 6.26 Å². The van der Waals surface area contributed by atoms with Crippen LogP contribution in [0.25, 0.3) is 0 Å². The number of furan rings is 1. The molecule has 0 radical (unpaired) electrons. The molecule has 0 aliphatic rings. The summed E-state index contributed by atoms with van der Waals surface area (Å²) in [5.41, 5.74) is 2.53. The molecule has 1 aromatic heterocycles. The fraction of sp³-hybridized carbons (Fsp3) is 0.333. The standard InChI is InChI=1S/C15H18O2/c1-12-4-2-5-13(8-12)9-14(11-16)10-15-6-3-7-17-15/h2-8,14,16H,9-11H2,1H3. The van der Waals surface area contributed by atoms with E-state index in [4.69, 9.17) is 4.42 Å². The highest BCUT2D eigenvalue weighted by Gasteiger charge is 2.11. The fourth-order valence-electron chi connectivity index (χ4n) is 2.09. The molecule has 1 aromatic carbocycles. The van der Waals surface area contributed by atoms with Crippen LogP contribution in [-0.2, 0) is 12.8 Å². The molecule has 0 saturated carbocycles. The lowest BCUT2D eigenvalue weighted by Crippen LogP contribution is -2.12. The van der Waals surface area contributed by atoms with Crippen LogP contribution < -0.4 is 0 Å². The van der Waals surface area contributed by atoms with Gasteiger partial charge >= 0.3 is 0 Å². The van der Waals surface area contributed by atoms with Crippen LogP contribution in [0.4, 0.5) is 0 Å². The van der Waals surface area contributed by atoms with E-state index in [9.17, 15) is 5.11 Å². The zero-order chi connectivity index (χ0) is 12.1. The van der Waals surface area contributed by atoms with Crippen LogP contribution in [0.3, 0.4) is 0 Å². The monoisotopic (exact) mass is 230 g/mol. The molecule has 0 saturated heterocycles. The summed E-state index contributed by atoms with van der Waals surface area (Å²) in [7, 11) is 0. The maximum absolute atomic E-state index is 9.41. The first-order valence-corrected chi connectivity index (χ1v) is 5.96. The highest BCUT2D eigenvalue weighted by molar-refractivity contribution is 5.22. The Morgan fingerprint density at radius 2 is 2.06 bits per heavy atom. The second kappa shape index (κ2) is 5.69. The van der Waals surface area contributed by atoms with Crippen LogP contribution in [-0.4, -0.2) is 11.7 Å². The third-order valence-corrected chi connectivity index (χ3v) is 2.94. The third kappa shape index (κ3) is 3.46. The number of aryl methyl sites for hydroxylation is 1. The molecular weight excluding hydrogens is 212 g/mol. The molecule has 1 atom stereocenters. The Bertz CT molecular complexity index is 446. The fourth-order valence-corrected chi connectivity index (χ4v) is 2.09. The van der Waals surface area contributed by atoms with E-state index in [0.717, 1.165) is 18.6 Å². The van der Waals surface area contributed by atoms with Crippen molar-refractivity contribution in [1.82, 2.24) is 0 Å². The maximum Gasteiger partial charge on any atom is 0.104 e. The average Bonchev–Trinajstić information content (AvgIpc) is 2.81. The average molecular weight is 230 g/mol. The molecule has 1 unspecified atom stereocenters. The smallest absolute Gasteiger partial charge is 0.104 e. The summed E-state index contributed by atoms with van der Waals surface area (Å²) in [5, 5.41) is 9.41. The Labute approximate surface area is 102 Å². The topological polar surface area (TPSA) is 33.4 Å². The number of aliphatic hydroxyl groups excluding tert-OH is 1. The summed E-state index contributed by atoms with van der Waals surface area (Å²) in [6.45, 7) is 2.28. The highest BCUT2D eigenvalue weighted by Crippen LogP contribution is 2.15. The Balaban J connectivity index is 2.00. The van der Waals surface area contributed by atoms with Gasteiger partial charge in [0, 0.05) is 13.0 Å². The SMILES string of the molecule is Cc1cccc(CC(CO)Cc2ccco2)c1. The van der Waals surface area contributed by atoms with Crippen molar-refractivity contribution in [3.8, 4) is 0 Å². The zero-order valence-corrected chi connectivity index (χ0v) is 10.1. The summed E-state index contributed by atoms with van der Waals surface area (Å²) in [5.74, 6) is 1.17. The van der Waals surface area contributed by atoms with Crippen molar-refractivity contribution in [2.75, 3.05) is 6.61 Å². The van der Waals surface area contributed by atoms with Gasteiger partial charge in [0.1, 0.15) is 5.76 Å². The number of hydrogen-bond acceptors (Lipinski definition) is 2. The number of benzene rings is 1. The second-order valence-corrected chi connectivity index (χ2v) is 4.53. The summed E-state index contributed by atoms with van der Waals surface area (Å²) >= 11 is 0. The zero-order valence-electron chi connectivity index (χ0n) is 10.1. The van der Waals surface area contributed by atoms with Crippen molar-refractivity contribution in [3.05, 3.63) is 59.5 Å². The molecule has 0 fully saturated rings. The van der Waals surface area contributed by atoms with Gasteiger partial charge in [-0.3, -0.25) is 0 Å². The molecule has 1 heterocycles. The summed E-state index contributed by atoms with van der Waals surface area (Å²) in [6.07, 6.45) is 3.35. The van der Waals surface area contributed by atoms with Gasteiger partial charge in [-0.25, -0.2) is 0 Å². The quantitative estimate of drug-likeness (QED) is 0.856. The van der Waals surface area contributed by atoms with Crippen LogP contribution in [0.2, 0.25) is 0 Å². The Morgan fingerprint density at radius 1 is 1.18 bits per heavy atom. The predicted molar refractivity (Wildman–Crippen MR) is 67.9 cm³/mol. The predicted octanol–water partition coefficient (Wildman–Crippen LogP) is 2.98. The van der Waals surface area contributed by atoms with Gasteiger partial charge in [0.25, 0.3) is 0 Å². The molecule has 17 heavy (non-hydrogen) atoms. The lowest BCUT2D eigenvalue weighted by Gasteiger charge is -2.13. The van der Waals surface area contributed by atoms with Gasteiger partial charge < -0.3 is 9.52 Å². The lowest BCUT2D eigenvalue weighted by atomic mass is 9.95. The molecule has 2 aromatic rings. The third-order valence-electron chi connectivity index (χ3n) is 2.94. The van der Waals surface area contributed by atoms with Crippen LogP contribution in [0, 0.1) is 12.8 Å². The first kappa shape index (κ1) is 11.9. The van der Waals surface area contributed by atoms with Gasteiger partial charge in [-0.1, -0.05) is 29.8 Å². The molecule has 0 spiro atoms. The van der Waals surface area contributed by atoms with E-state index in [0.29, 0.717) is 0 Å². The minimum Gasteiger partial charge on any atom is -0.469 e. The van der Waals surface area contributed by atoms with Crippen molar-refractivity contribution in [1.29, 1.82) is 0 Å². The van der Waals surface area contributed by atoms with Gasteiger partial charge in [0.05, 0.1) is 6.26 Å². The summed E-state index contributed by atoms with van der Waals surface area (Å²) < 4.78 is 5.32. The first-order chi connectivity index (χ1) is 8.28. The molecule has 0 aliphatic carbocycles. The molecule has 90 valence electrons. The number of aliphatic hydroxyl groups is 1. The van der Waals surface area contributed by atoms with E-state index in [1.807, 2.05) is 12.1 Å². The van der Waals surface area contributed by atoms with Gasteiger partial charge in [-0.2, -0.15) is 0 Å². The van der Waals surface area contributed by atoms with Crippen molar-refractivity contribution in [2.24, 2.45) is 5.92 Å². The molecule has 2 nitrogen and oxygen atoms in total. The summed E-state index contributed by atoms with van der Waals surface area (Å²) in [6, 6.07) is 12.3. The van der Waals surface area contributed by atoms with E-state index in [-0.39, 0.29) is 12.5 Å². The Hall–Kier alpha value is -1.54. The van der Waals surface area contributed by atoms with Crippen molar-refractivity contribution in [3.63, 3.8) is 0 Å². The van der Waals surface area contributed by atoms with Crippen molar-refractivity contribution >= 4 is 0 Å². The second-order valence-electron chi connectivity index (χ2n) is 4.53. The molecule has 0 amide bonds. The Morgan fingerprint density at radius 3 is 2.71 bits per heavy atom. The molecule has 0 bridgehead atoms. The van der Waals surface area contributed by atoms with E-state index in [1.165, 1.54) is 11.1 Å². The Kier molecular flexibility index (Phi) is 3.99. The molecular formula is C15H18O2. The minimum absolute atomic E-state index is 0.189. The van der Waals surface area contributed by atoms with Gasteiger partial charge in [0.15, 0.2) is 0 Å². The number of rotatable bonds is 5. The van der Waals surface area contributed by atoms with Gasteiger partial charge in [-0.05, 0) is 37.0 Å². The molecule has 2 heteroatoms. The van der Waals surface area contributed by atoms with Gasteiger partial charge in [0.2, 0.25) is 0 Å². The van der Waals surface area contributed by atoms with E-state index < -0.39 is 0 Å². The molecule has 2 rings (SSSR count). The molecule has 0 aliphatic heterocycles. The van der Waals surface area contributed by atoms with Crippen LogP contribution in [0.5, 0.6) is 0 Å². The van der Waals surface area contributed by atoms with Gasteiger partial charge in [-0.15, -0.1) is 0 Å². The summed E-state index contributed by atoms with van der Waals surface area (Å²) in [4.78, 5) is 0. The lowest BCUT2D eigenvalue weighted by molar-refractivity contribution is 0.219. The maximum atomic E-state index is 9.41. The van der Waals surface area contributed by atoms with E-state index >= 15 is 0 Å². The van der Waals surface area contributed by atoms with Crippen LogP contribution in [0.15, 0.2) is 47.1 Å². The number of hydrogen-bond donors (Lipinski definition) is 1. The van der Waals surface area contributed by atoms with Crippen LogP contribution >= 0.6 is 0 Å².